The van der Waals surface area contributed by atoms with Crippen LogP contribution < -0.4 is 0 Å². The summed E-state index contributed by atoms with van der Waals surface area (Å²) in [5.74, 6) is -0.947. The van der Waals surface area contributed by atoms with Gasteiger partial charge in [0, 0.05) is 18.0 Å². The van der Waals surface area contributed by atoms with Crippen molar-refractivity contribution in [1.29, 1.82) is 0 Å². The zero-order valence-corrected chi connectivity index (χ0v) is 14.0. The first-order chi connectivity index (χ1) is 9.77. The van der Waals surface area contributed by atoms with Gasteiger partial charge in [-0.05, 0) is 30.4 Å². The van der Waals surface area contributed by atoms with Gasteiger partial charge in [0.15, 0.2) is 0 Å². The summed E-state index contributed by atoms with van der Waals surface area (Å²) in [5.41, 5.74) is 0.232. The zero-order valence-electron chi connectivity index (χ0n) is 12.3. The Morgan fingerprint density at radius 3 is 2.52 bits per heavy atom. The molecule has 1 saturated heterocycles. The van der Waals surface area contributed by atoms with Gasteiger partial charge in [-0.25, -0.2) is 8.42 Å². The summed E-state index contributed by atoms with van der Waals surface area (Å²) in [6, 6.07) is 3.11. The molecule has 21 heavy (non-hydrogen) atoms. The maximum atomic E-state index is 12.6. The summed E-state index contributed by atoms with van der Waals surface area (Å²) < 4.78 is 26.9. The molecule has 0 saturated carbocycles. The van der Waals surface area contributed by atoms with Crippen molar-refractivity contribution in [3.05, 3.63) is 17.0 Å². The molecule has 5 nitrogen and oxygen atoms in total. The predicted octanol–water partition coefficient (Wildman–Crippen LogP) is 2.58. The molecule has 2 rings (SSSR count). The molecule has 1 aromatic rings. The van der Waals surface area contributed by atoms with E-state index in [1.807, 2.05) is 0 Å². The van der Waals surface area contributed by atoms with Gasteiger partial charge in [-0.15, -0.1) is 11.3 Å². The zero-order chi connectivity index (χ0) is 15.7. The van der Waals surface area contributed by atoms with E-state index < -0.39 is 16.0 Å². The first-order valence-corrected chi connectivity index (χ1v) is 9.33. The van der Waals surface area contributed by atoms with Crippen molar-refractivity contribution < 1.29 is 18.3 Å². The molecule has 2 heterocycles. The van der Waals surface area contributed by atoms with Crippen LogP contribution in [-0.4, -0.2) is 36.9 Å². The van der Waals surface area contributed by atoms with Crippen LogP contribution in [0.4, 0.5) is 0 Å². The fourth-order valence-corrected chi connectivity index (χ4v) is 5.43. The molecule has 118 valence electrons. The third-order valence-electron chi connectivity index (χ3n) is 4.34. The first-order valence-electron chi connectivity index (χ1n) is 7.07. The van der Waals surface area contributed by atoms with Gasteiger partial charge in [-0.2, -0.15) is 4.31 Å². The van der Waals surface area contributed by atoms with Crippen LogP contribution in [0.3, 0.4) is 0 Å². The minimum atomic E-state index is -3.48. The minimum absolute atomic E-state index is 0.131. The monoisotopic (exact) mass is 331 g/mol. The van der Waals surface area contributed by atoms with Gasteiger partial charge in [0.25, 0.3) is 10.0 Å². The normalized spacial score (nSPS) is 19.5. The largest absolute Gasteiger partial charge is 0.481 e. The van der Waals surface area contributed by atoms with Gasteiger partial charge in [0.05, 0.1) is 6.42 Å². The van der Waals surface area contributed by atoms with Crippen LogP contribution >= 0.6 is 11.3 Å². The van der Waals surface area contributed by atoms with E-state index in [1.165, 1.54) is 10.4 Å². The highest BCUT2D eigenvalue weighted by Gasteiger charge is 2.34. The third kappa shape index (κ3) is 3.64. The molecule has 0 radical (unpaired) electrons. The highest BCUT2D eigenvalue weighted by Crippen LogP contribution is 2.36. The van der Waals surface area contributed by atoms with Crippen molar-refractivity contribution in [1.82, 2.24) is 4.31 Å². The number of carboxylic acids is 1. The fraction of sp³-hybridized carbons (Fsp3) is 0.643. The number of carbonyl (C=O) groups is 1. The van der Waals surface area contributed by atoms with Gasteiger partial charge in [0.1, 0.15) is 4.21 Å². The van der Waals surface area contributed by atoms with Crippen molar-refractivity contribution >= 4 is 27.3 Å². The Labute approximate surface area is 129 Å². The number of sulfonamides is 1. The van der Waals surface area contributed by atoms with E-state index in [0.717, 1.165) is 30.6 Å². The van der Waals surface area contributed by atoms with Crippen molar-refractivity contribution in [2.45, 2.75) is 43.7 Å². The molecule has 0 unspecified atom stereocenters. The maximum absolute atomic E-state index is 12.6. The standard InChI is InChI=1S/C14H21NO4S2/c1-3-14(2)6-8-15(9-7-14)21(18,19)13-5-4-11(20-13)10-12(16)17/h4-5H,3,6-10H2,1-2H3,(H,16,17). The van der Waals surface area contributed by atoms with E-state index in [2.05, 4.69) is 13.8 Å². The predicted molar refractivity (Wildman–Crippen MR) is 82.0 cm³/mol. The van der Waals surface area contributed by atoms with Crippen LogP contribution in [0.5, 0.6) is 0 Å². The molecular formula is C14H21NO4S2. The third-order valence-corrected chi connectivity index (χ3v) is 7.79. The number of carboxylic acid groups (broad SMARTS) is 1. The smallest absolute Gasteiger partial charge is 0.308 e. The Balaban J connectivity index is 2.12. The number of piperidine rings is 1. The van der Waals surface area contributed by atoms with Crippen LogP contribution in [0.2, 0.25) is 0 Å². The van der Waals surface area contributed by atoms with E-state index in [4.69, 9.17) is 5.11 Å². The summed E-state index contributed by atoms with van der Waals surface area (Å²) in [4.78, 5) is 11.2. The number of thiophene rings is 1. The highest BCUT2D eigenvalue weighted by atomic mass is 32.2. The molecule has 0 aliphatic carbocycles. The topological polar surface area (TPSA) is 74.7 Å². The average Bonchev–Trinajstić information content (AvgIpc) is 2.87. The second-order valence-corrected chi connectivity index (χ2v) is 9.19. The van der Waals surface area contributed by atoms with Gasteiger partial charge in [0.2, 0.25) is 0 Å². The lowest BCUT2D eigenvalue weighted by Gasteiger charge is -2.37. The molecule has 0 atom stereocenters. The summed E-state index contributed by atoms with van der Waals surface area (Å²) >= 11 is 1.06. The molecule has 1 aliphatic heterocycles. The fourth-order valence-electron chi connectivity index (χ4n) is 2.49. The van der Waals surface area contributed by atoms with Crippen molar-refractivity contribution in [2.75, 3.05) is 13.1 Å². The van der Waals surface area contributed by atoms with Crippen LogP contribution in [0, 0.1) is 5.41 Å². The van der Waals surface area contributed by atoms with E-state index in [1.54, 1.807) is 6.07 Å². The molecule has 0 amide bonds. The average molecular weight is 331 g/mol. The van der Waals surface area contributed by atoms with Gasteiger partial charge in [-0.1, -0.05) is 20.3 Å². The molecule has 0 aromatic carbocycles. The minimum Gasteiger partial charge on any atom is -0.481 e. The summed E-state index contributed by atoms with van der Waals surface area (Å²) in [7, 11) is -3.48. The molecule has 7 heteroatoms. The molecular weight excluding hydrogens is 310 g/mol. The Morgan fingerprint density at radius 1 is 1.38 bits per heavy atom. The Morgan fingerprint density at radius 2 is 2.00 bits per heavy atom. The van der Waals surface area contributed by atoms with E-state index in [-0.39, 0.29) is 16.0 Å². The second-order valence-electron chi connectivity index (χ2n) is 5.86. The number of aliphatic carboxylic acids is 1. The summed E-state index contributed by atoms with van der Waals surface area (Å²) in [6.07, 6.45) is 2.67. The molecule has 1 fully saturated rings. The summed E-state index contributed by atoms with van der Waals surface area (Å²) in [5, 5.41) is 8.76. The summed E-state index contributed by atoms with van der Waals surface area (Å²) in [6.45, 7) is 5.42. The lowest BCUT2D eigenvalue weighted by Crippen LogP contribution is -2.41. The Bertz CT molecular complexity index is 613. The number of hydrogen-bond acceptors (Lipinski definition) is 4. The molecule has 1 N–H and O–H groups in total. The van der Waals surface area contributed by atoms with Gasteiger partial charge >= 0.3 is 5.97 Å². The van der Waals surface area contributed by atoms with Gasteiger partial charge < -0.3 is 5.11 Å². The number of hydrogen-bond donors (Lipinski definition) is 1. The Kier molecular flexibility index (Phi) is 4.75. The maximum Gasteiger partial charge on any atom is 0.308 e. The molecule has 1 aromatic heterocycles. The molecule has 0 spiro atoms. The van der Waals surface area contributed by atoms with Crippen LogP contribution in [0.25, 0.3) is 0 Å². The number of nitrogens with zero attached hydrogens (tertiary/aromatic N) is 1. The van der Waals surface area contributed by atoms with E-state index in [0.29, 0.717) is 18.0 Å². The lowest BCUT2D eigenvalue weighted by atomic mass is 9.79. The highest BCUT2D eigenvalue weighted by molar-refractivity contribution is 7.91. The second kappa shape index (κ2) is 6.06. The van der Waals surface area contributed by atoms with Crippen LogP contribution in [0.1, 0.15) is 38.0 Å². The van der Waals surface area contributed by atoms with Crippen molar-refractivity contribution in [3.8, 4) is 0 Å². The van der Waals surface area contributed by atoms with E-state index in [9.17, 15) is 13.2 Å². The van der Waals surface area contributed by atoms with Gasteiger partial charge in [-0.3, -0.25) is 4.79 Å². The first kappa shape index (κ1) is 16.5. The van der Waals surface area contributed by atoms with Crippen LogP contribution in [0.15, 0.2) is 16.3 Å². The SMILES string of the molecule is CCC1(C)CCN(S(=O)(=O)c2ccc(CC(=O)O)s2)CC1. The van der Waals surface area contributed by atoms with E-state index >= 15 is 0 Å². The molecule has 1 aliphatic rings. The molecule has 0 bridgehead atoms. The lowest BCUT2D eigenvalue weighted by molar-refractivity contribution is -0.136. The quantitative estimate of drug-likeness (QED) is 0.900. The van der Waals surface area contributed by atoms with Crippen molar-refractivity contribution in [3.63, 3.8) is 0 Å². The van der Waals surface area contributed by atoms with Crippen LogP contribution in [-0.2, 0) is 21.2 Å². The Hall–Kier alpha value is -0.920. The number of rotatable bonds is 5. The van der Waals surface area contributed by atoms with Crippen molar-refractivity contribution in [2.24, 2.45) is 5.41 Å².